The molecule has 0 atom stereocenters. The summed E-state index contributed by atoms with van der Waals surface area (Å²) >= 11 is 1.64. The lowest BCUT2D eigenvalue weighted by molar-refractivity contribution is 0.297. The van der Waals surface area contributed by atoms with Crippen LogP contribution in [0.2, 0.25) is 0 Å². The van der Waals surface area contributed by atoms with E-state index >= 15 is 0 Å². The lowest BCUT2D eigenvalue weighted by atomic mass is 10.5. The van der Waals surface area contributed by atoms with E-state index in [4.69, 9.17) is 10.5 Å². The molecular weight excluding hydrogens is 224 g/mol. The number of nitrogens with one attached hydrogen (secondary N) is 1. The Bertz CT molecular complexity index is 458. The Morgan fingerprint density at radius 2 is 2.38 bits per heavy atom. The lowest BCUT2D eigenvalue weighted by Gasteiger charge is -2.06. The Hall–Kier alpha value is -1.82. The zero-order valence-corrected chi connectivity index (χ0v) is 9.62. The van der Waals surface area contributed by atoms with Crippen molar-refractivity contribution in [3.63, 3.8) is 0 Å². The first-order chi connectivity index (χ1) is 7.78. The average molecular weight is 236 g/mol. The normalized spacial score (nSPS) is 10.1. The number of nitrogen functional groups attached to an aromatic ring is 1. The summed E-state index contributed by atoms with van der Waals surface area (Å²) in [6.07, 6.45) is 0. The van der Waals surface area contributed by atoms with Crippen molar-refractivity contribution in [1.29, 1.82) is 0 Å². The molecule has 84 valence electrons. The SMILES string of the molecule is CNc1cc(OCc2cccs2)nc(N)n1. The van der Waals surface area contributed by atoms with Crippen molar-refractivity contribution in [2.24, 2.45) is 0 Å². The maximum atomic E-state index is 5.54. The van der Waals surface area contributed by atoms with Gasteiger partial charge >= 0.3 is 0 Å². The van der Waals surface area contributed by atoms with Gasteiger partial charge in [0.15, 0.2) is 0 Å². The molecule has 2 aromatic heterocycles. The van der Waals surface area contributed by atoms with Crippen molar-refractivity contribution in [2.45, 2.75) is 6.61 Å². The highest BCUT2D eigenvalue weighted by Crippen LogP contribution is 2.17. The van der Waals surface area contributed by atoms with Crippen molar-refractivity contribution >= 4 is 23.1 Å². The third-order valence-corrected chi connectivity index (χ3v) is 2.77. The molecule has 0 aliphatic rings. The minimum absolute atomic E-state index is 0.202. The number of thiophene rings is 1. The summed E-state index contributed by atoms with van der Waals surface area (Å²) in [4.78, 5) is 9.11. The Balaban J connectivity index is 2.06. The predicted octanol–water partition coefficient (Wildman–Crippen LogP) is 1.74. The molecule has 16 heavy (non-hydrogen) atoms. The molecule has 0 aliphatic heterocycles. The second kappa shape index (κ2) is 4.80. The number of anilines is 2. The zero-order chi connectivity index (χ0) is 11.4. The zero-order valence-electron chi connectivity index (χ0n) is 8.80. The molecule has 0 bridgehead atoms. The van der Waals surface area contributed by atoms with E-state index in [9.17, 15) is 0 Å². The molecule has 0 radical (unpaired) electrons. The first-order valence-electron chi connectivity index (χ1n) is 4.75. The van der Waals surface area contributed by atoms with Gasteiger partial charge in [0, 0.05) is 18.0 Å². The minimum Gasteiger partial charge on any atom is -0.472 e. The number of nitrogens with zero attached hydrogens (tertiary/aromatic N) is 2. The molecule has 3 N–H and O–H groups in total. The molecule has 0 saturated heterocycles. The molecule has 0 aromatic carbocycles. The van der Waals surface area contributed by atoms with Crippen molar-refractivity contribution < 1.29 is 4.74 Å². The third-order valence-electron chi connectivity index (χ3n) is 1.92. The molecule has 0 fully saturated rings. The predicted molar refractivity (Wildman–Crippen MR) is 64.6 cm³/mol. The summed E-state index contributed by atoms with van der Waals surface area (Å²) in [6, 6.07) is 5.70. The van der Waals surface area contributed by atoms with Crippen LogP contribution in [-0.2, 0) is 6.61 Å². The Morgan fingerprint density at radius 3 is 3.06 bits per heavy atom. The van der Waals surface area contributed by atoms with E-state index in [0.717, 1.165) is 4.88 Å². The van der Waals surface area contributed by atoms with Crippen LogP contribution in [0.4, 0.5) is 11.8 Å². The third kappa shape index (κ3) is 2.60. The molecule has 0 saturated carbocycles. The van der Waals surface area contributed by atoms with Gasteiger partial charge in [-0.05, 0) is 11.4 Å². The summed E-state index contributed by atoms with van der Waals surface area (Å²) in [5.41, 5.74) is 5.54. The summed E-state index contributed by atoms with van der Waals surface area (Å²) < 4.78 is 5.51. The first-order valence-corrected chi connectivity index (χ1v) is 5.63. The van der Waals surface area contributed by atoms with Crippen molar-refractivity contribution in [3.05, 3.63) is 28.5 Å². The van der Waals surface area contributed by atoms with Crippen LogP contribution in [0.15, 0.2) is 23.6 Å². The molecule has 2 heterocycles. The second-order valence-corrected chi connectivity index (χ2v) is 4.10. The number of rotatable bonds is 4. The molecule has 6 heteroatoms. The number of hydrogen-bond acceptors (Lipinski definition) is 6. The van der Waals surface area contributed by atoms with Gasteiger partial charge in [-0.3, -0.25) is 0 Å². The molecule has 0 unspecified atom stereocenters. The van der Waals surface area contributed by atoms with E-state index in [1.54, 1.807) is 24.5 Å². The smallest absolute Gasteiger partial charge is 0.225 e. The van der Waals surface area contributed by atoms with Gasteiger partial charge in [0.2, 0.25) is 11.8 Å². The largest absolute Gasteiger partial charge is 0.472 e. The topological polar surface area (TPSA) is 73.1 Å². The van der Waals surface area contributed by atoms with E-state index < -0.39 is 0 Å². The van der Waals surface area contributed by atoms with Crippen LogP contribution < -0.4 is 15.8 Å². The van der Waals surface area contributed by atoms with Gasteiger partial charge in [0.05, 0.1) is 0 Å². The molecule has 0 amide bonds. The Morgan fingerprint density at radius 1 is 1.50 bits per heavy atom. The lowest BCUT2D eigenvalue weighted by Crippen LogP contribution is -2.03. The van der Waals surface area contributed by atoms with Gasteiger partial charge in [-0.15, -0.1) is 11.3 Å². The molecule has 2 rings (SSSR count). The van der Waals surface area contributed by atoms with Crippen LogP contribution in [0.25, 0.3) is 0 Å². The Kier molecular flexibility index (Phi) is 3.21. The van der Waals surface area contributed by atoms with E-state index in [2.05, 4.69) is 15.3 Å². The second-order valence-electron chi connectivity index (χ2n) is 3.07. The van der Waals surface area contributed by atoms with Crippen LogP contribution in [0, 0.1) is 0 Å². The quantitative estimate of drug-likeness (QED) is 0.846. The van der Waals surface area contributed by atoms with Crippen LogP contribution in [-0.4, -0.2) is 17.0 Å². The molecule has 2 aromatic rings. The highest BCUT2D eigenvalue weighted by Gasteiger charge is 2.02. The van der Waals surface area contributed by atoms with Gasteiger partial charge in [0.25, 0.3) is 0 Å². The Labute approximate surface area is 97.3 Å². The average Bonchev–Trinajstić information content (AvgIpc) is 2.78. The highest BCUT2D eigenvalue weighted by atomic mass is 32.1. The molecule has 0 aliphatic carbocycles. The van der Waals surface area contributed by atoms with Gasteiger partial charge in [-0.25, -0.2) is 0 Å². The standard InChI is InChI=1S/C10H12N4OS/c1-12-8-5-9(14-10(11)13-8)15-6-7-3-2-4-16-7/h2-5H,6H2,1H3,(H3,11,12,13,14). The number of hydrogen-bond donors (Lipinski definition) is 2. The van der Waals surface area contributed by atoms with Gasteiger partial charge < -0.3 is 15.8 Å². The van der Waals surface area contributed by atoms with Crippen LogP contribution >= 0.6 is 11.3 Å². The van der Waals surface area contributed by atoms with Gasteiger partial charge in [-0.2, -0.15) is 9.97 Å². The van der Waals surface area contributed by atoms with E-state index in [1.165, 1.54) is 0 Å². The van der Waals surface area contributed by atoms with E-state index in [-0.39, 0.29) is 5.95 Å². The molecule has 0 spiro atoms. The minimum atomic E-state index is 0.202. The first kappa shape index (κ1) is 10.7. The van der Waals surface area contributed by atoms with Crippen LogP contribution in [0.3, 0.4) is 0 Å². The van der Waals surface area contributed by atoms with Gasteiger partial charge in [-0.1, -0.05) is 6.07 Å². The van der Waals surface area contributed by atoms with Crippen molar-refractivity contribution in [2.75, 3.05) is 18.1 Å². The summed E-state index contributed by atoms with van der Waals surface area (Å²) in [6.45, 7) is 0.497. The summed E-state index contributed by atoms with van der Waals surface area (Å²) in [7, 11) is 1.77. The van der Waals surface area contributed by atoms with Crippen molar-refractivity contribution in [3.8, 4) is 5.88 Å². The summed E-state index contributed by atoms with van der Waals surface area (Å²) in [5, 5.41) is 4.90. The number of aromatic nitrogens is 2. The van der Waals surface area contributed by atoms with Crippen molar-refractivity contribution in [1.82, 2.24) is 9.97 Å². The van der Waals surface area contributed by atoms with Gasteiger partial charge in [0.1, 0.15) is 12.4 Å². The fourth-order valence-electron chi connectivity index (χ4n) is 1.18. The monoisotopic (exact) mass is 236 g/mol. The maximum Gasteiger partial charge on any atom is 0.225 e. The fraction of sp³-hybridized carbons (Fsp3) is 0.200. The highest BCUT2D eigenvalue weighted by molar-refractivity contribution is 7.09. The molecular formula is C10H12N4OS. The summed E-state index contributed by atoms with van der Waals surface area (Å²) in [5.74, 6) is 1.33. The maximum absolute atomic E-state index is 5.54. The van der Waals surface area contributed by atoms with E-state index in [0.29, 0.717) is 18.3 Å². The molecule has 5 nitrogen and oxygen atoms in total. The van der Waals surface area contributed by atoms with E-state index in [1.807, 2.05) is 17.5 Å². The van der Waals surface area contributed by atoms with Crippen LogP contribution in [0.1, 0.15) is 4.88 Å². The fourth-order valence-corrected chi connectivity index (χ4v) is 1.80. The number of nitrogens with two attached hydrogens (primary N) is 1. The number of ether oxygens (including phenoxy) is 1. The van der Waals surface area contributed by atoms with Crippen LogP contribution in [0.5, 0.6) is 5.88 Å².